The van der Waals surface area contributed by atoms with E-state index in [1.807, 2.05) is 43.3 Å². The van der Waals surface area contributed by atoms with Crippen molar-refractivity contribution in [2.24, 2.45) is 5.73 Å². The Morgan fingerprint density at radius 3 is 2.42 bits per heavy atom. The highest BCUT2D eigenvalue weighted by Crippen LogP contribution is 2.39. The lowest BCUT2D eigenvalue weighted by atomic mass is 9.97. The quantitative estimate of drug-likeness (QED) is 0.159. The standard InChI is InChI=1S/C38H29N3O2/c1-5-11-31-25(6-2)28-12-8-9-14-32(28)41(31)24-17-19-34-30(21-24)37-27(13-10-15-35(37)43-34)23-16-18-33-29(20-23)36(22(4)42-33)26(7-3)38(39)40/h5-21H,2-4H2,1H3,(H3,39,40)/b11-5-,36-26-. The van der Waals surface area contributed by atoms with Gasteiger partial charge in [-0.3, -0.25) is 5.41 Å². The van der Waals surface area contributed by atoms with Gasteiger partial charge in [0.15, 0.2) is 0 Å². The summed E-state index contributed by atoms with van der Waals surface area (Å²) < 4.78 is 14.6. The summed E-state index contributed by atoms with van der Waals surface area (Å²) in [5.74, 6) is -0.0853. The fraction of sp³-hybridized carbons (Fsp3) is 0.0263. The SMILES string of the molecule is C=C/C(C(=N)N)=c1\c(=C)oc2ccc(-c3cccc4oc5ccc(-n6c(/C=C\C)c(C=C)c7ccccc76)cc5c34)cc12. The monoisotopic (exact) mass is 559 g/mol. The van der Waals surface area contributed by atoms with Crippen LogP contribution >= 0.6 is 0 Å². The van der Waals surface area contributed by atoms with Crippen molar-refractivity contribution in [1.29, 1.82) is 5.41 Å². The zero-order valence-electron chi connectivity index (χ0n) is 23.8. The van der Waals surface area contributed by atoms with Crippen LogP contribution in [-0.2, 0) is 0 Å². The molecule has 0 bridgehead atoms. The third kappa shape index (κ3) is 3.90. The van der Waals surface area contributed by atoms with Gasteiger partial charge in [0, 0.05) is 43.6 Å². The number of hydrogen-bond acceptors (Lipinski definition) is 3. The van der Waals surface area contributed by atoms with Crippen molar-refractivity contribution in [1.82, 2.24) is 4.57 Å². The first-order valence-corrected chi connectivity index (χ1v) is 14.0. The molecule has 0 fully saturated rings. The number of amidine groups is 1. The van der Waals surface area contributed by atoms with E-state index in [1.165, 1.54) is 0 Å². The smallest absolute Gasteiger partial charge is 0.136 e. The highest BCUT2D eigenvalue weighted by Gasteiger charge is 2.18. The van der Waals surface area contributed by atoms with E-state index in [9.17, 15) is 0 Å². The lowest BCUT2D eigenvalue weighted by molar-refractivity contribution is 0.577. The van der Waals surface area contributed by atoms with Crippen LogP contribution in [0.1, 0.15) is 18.2 Å². The zero-order chi connectivity index (χ0) is 29.8. The zero-order valence-corrected chi connectivity index (χ0v) is 23.8. The second-order valence-corrected chi connectivity index (χ2v) is 10.5. The summed E-state index contributed by atoms with van der Waals surface area (Å²) >= 11 is 0. The number of benzene rings is 4. The molecular formula is C38H29N3O2. The number of nitrogens with two attached hydrogens (primary N) is 1. The Hall–Kier alpha value is -5.81. The first kappa shape index (κ1) is 26.1. The summed E-state index contributed by atoms with van der Waals surface area (Å²) in [5, 5.41) is 12.8. The largest absolute Gasteiger partial charge is 0.457 e. The number of hydrogen-bond donors (Lipinski definition) is 2. The molecule has 5 heteroatoms. The molecule has 0 radical (unpaired) electrons. The maximum atomic E-state index is 8.07. The van der Waals surface area contributed by atoms with Gasteiger partial charge in [-0.25, -0.2) is 0 Å². The molecule has 0 aliphatic heterocycles. The molecule has 0 atom stereocenters. The fourth-order valence-electron chi connectivity index (χ4n) is 6.25. The van der Waals surface area contributed by atoms with E-state index in [0.29, 0.717) is 21.8 Å². The maximum Gasteiger partial charge on any atom is 0.136 e. The van der Waals surface area contributed by atoms with Crippen LogP contribution in [0.2, 0.25) is 0 Å². The van der Waals surface area contributed by atoms with Crippen LogP contribution < -0.4 is 16.4 Å². The van der Waals surface area contributed by atoms with Crippen molar-refractivity contribution in [3.05, 3.63) is 126 Å². The predicted molar refractivity (Wildman–Crippen MR) is 181 cm³/mol. The first-order chi connectivity index (χ1) is 20.9. The van der Waals surface area contributed by atoms with Crippen molar-refractivity contribution in [2.45, 2.75) is 6.92 Å². The van der Waals surface area contributed by atoms with Crippen molar-refractivity contribution < 1.29 is 8.83 Å². The molecular weight excluding hydrogens is 530 g/mol. The van der Waals surface area contributed by atoms with Gasteiger partial charge in [-0.1, -0.05) is 74.4 Å². The Kier molecular flexibility index (Phi) is 6.03. The molecule has 3 aromatic heterocycles. The van der Waals surface area contributed by atoms with E-state index in [4.69, 9.17) is 20.0 Å². The van der Waals surface area contributed by atoms with Gasteiger partial charge in [0.05, 0.1) is 11.2 Å². The van der Waals surface area contributed by atoms with Crippen molar-refractivity contribution in [3.63, 3.8) is 0 Å². The Balaban J connectivity index is 1.53. The Labute approximate surface area is 248 Å². The number of furan rings is 2. The minimum absolute atomic E-state index is 0.0853. The number of allylic oxidation sites excluding steroid dienone is 1. The molecule has 0 aliphatic rings. The third-order valence-corrected chi connectivity index (χ3v) is 8.05. The van der Waals surface area contributed by atoms with E-state index in [-0.39, 0.29) is 5.84 Å². The summed E-state index contributed by atoms with van der Waals surface area (Å²) in [6.07, 6.45) is 7.69. The summed E-state index contributed by atoms with van der Waals surface area (Å²) in [7, 11) is 0. The molecule has 43 heavy (non-hydrogen) atoms. The molecule has 0 amide bonds. The van der Waals surface area contributed by atoms with E-state index in [2.05, 4.69) is 85.0 Å². The molecule has 3 N–H and O–H groups in total. The van der Waals surface area contributed by atoms with Crippen LogP contribution in [0.4, 0.5) is 0 Å². The van der Waals surface area contributed by atoms with E-state index >= 15 is 0 Å². The van der Waals surface area contributed by atoms with Crippen LogP contribution in [0.3, 0.4) is 0 Å². The van der Waals surface area contributed by atoms with Crippen molar-refractivity contribution in [2.75, 3.05) is 0 Å². The summed E-state index contributed by atoms with van der Waals surface area (Å²) in [4.78, 5) is 0. The lowest BCUT2D eigenvalue weighted by Gasteiger charge is -2.10. The molecule has 4 aromatic carbocycles. The van der Waals surface area contributed by atoms with Crippen molar-refractivity contribution in [3.8, 4) is 16.8 Å². The second kappa shape index (κ2) is 9.93. The Morgan fingerprint density at radius 1 is 0.860 bits per heavy atom. The summed E-state index contributed by atoms with van der Waals surface area (Å²) in [5.41, 5.74) is 15.4. The predicted octanol–water partition coefficient (Wildman–Crippen LogP) is 8.30. The van der Waals surface area contributed by atoms with Gasteiger partial charge in [-0.05, 0) is 66.6 Å². The van der Waals surface area contributed by atoms with Gasteiger partial charge in [0.1, 0.15) is 28.0 Å². The van der Waals surface area contributed by atoms with Crippen LogP contribution in [-0.4, -0.2) is 10.4 Å². The number of aromatic nitrogens is 1. The first-order valence-electron chi connectivity index (χ1n) is 14.0. The molecule has 7 aromatic rings. The van der Waals surface area contributed by atoms with Gasteiger partial charge >= 0.3 is 0 Å². The lowest BCUT2D eigenvalue weighted by Crippen LogP contribution is -2.27. The van der Waals surface area contributed by atoms with E-state index in [1.54, 1.807) is 6.08 Å². The number of fused-ring (bicyclic) bond motifs is 5. The van der Waals surface area contributed by atoms with Gasteiger partial charge in [0.25, 0.3) is 0 Å². The van der Waals surface area contributed by atoms with Crippen LogP contribution in [0.5, 0.6) is 0 Å². The number of rotatable bonds is 6. The Bertz CT molecular complexity index is 2450. The van der Waals surface area contributed by atoms with E-state index < -0.39 is 0 Å². The van der Waals surface area contributed by atoms with Gasteiger partial charge in [0.2, 0.25) is 0 Å². The molecule has 5 nitrogen and oxygen atoms in total. The summed E-state index contributed by atoms with van der Waals surface area (Å²) in [6.45, 7) is 14.1. The average molecular weight is 560 g/mol. The fourth-order valence-corrected chi connectivity index (χ4v) is 6.25. The highest BCUT2D eigenvalue weighted by atomic mass is 16.3. The normalized spacial score (nSPS) is 12.6. The second-order valence-electron chi connectivity index (χ2n) is 10.5. The van der Waals surface area contributed by atoms with Crippen LogP contribution in [0, 0.1) is 5.41 Å². The summed E-state index contributed by atoms with van der Waals surface area (Å²) in [6, 6.07) is 26.9. The molecule has 3 heterocycles. The molecule has 0 unspecified atom stereocenters. The number of para-hydroxylation sites is 1. The van der Waals surface area contributed by atoms with Gasteiger partial charge < -0.3 is 19.1 Å². The minimum Gasteiger partial charge on any atom is -0.457 e. The van der Waals surface area contributed by atoms with Crippen LogP contribution in [0.25, 0.3) is 84.9 Å². The molecule has 0 saturated heterocycles. The number of nitrogens with zero attached hydrogens (tertiary/aromatic N) is 1. The molecule has 0 spiro atoms. The molecule has 208 valence electrons. The Morgan fingerprint density at radius 2 is 1.65 bits per heavy atom. The maximum absolute atomic E-state index is 8.07. The van der Waals surface area contributed by atoms with E-state index in [0.717, 1.165) is 66.3 Å². The topological polar surface area (TPSA) is 81.1 Å². The van der Waals surface area contributed by atoms with Gasteiger partial charge in [-0.2, -0.15) is 0 Å². The average Bonchev–Trinajstić information content (AvgIpc) is 3.65. The van der Waals surface area contributed by atoms with Crippen LogP contribution in [0.15, 0.2) is 113 Å². The van der Waals surface area contributed by atoms with Crippen molar-refractivity contribution >= 4 is 74.0 Å². The molecule has 7 rings (SSSR count). The molecule has 0 aliphatic carbocycles. The molecule has 0 saturated carbocycles. The highest BCUT2D eigenvalue weighted by molar-refractivity contribution is 6.19. The minimum atomic E-state index is -0.0853. The van der Waals surface area contributed by atoms with Gasteiger partial charge in [-0.15, -0.1) is 0 Å². The number of nitrogens with one attached hydrogen (secondary N) is 1. The third-order valence-electron chi connectivity index (χ3n) is 8.05.